The SMILES string of the molecule is CCC(C)OCC(=O)NCC(Cc1ccccc1)C(=O)O. The van der Waals surface area contributed by atoms with Crippen LogP contribution in [0.1, 0.15) is 25.8 Å². The molecular formula is C16H23NO4. The van der Waals surface area contributed by atoms with Crippen LogP contribution in [0, 0.1) is 5.92 Å². The van der Waals surface area contributed by atoms with Gasteiger partial charge < -0.3 is 15.2 Å². The zero-order chi connectivity index (χ0) is 15.7. The van der Waals surface area contributed by atoms with Gasteiger partial charge in [0, 0.05) is 6.54 Å². The number of rotatable bonds is 9. The second-order valence-corrected chi connectivity index (χ2v) is 5.06. The molecule has 0 aliphatic carbocycles. The van der Waals surface area contributed by atoms with Gasteiger partial charge in [-0.25, -0.2) is 0 Å². The number of carbonyl (C=O) groups is 2. The van der Waals surface area contributed by atoms with Gasteiger partial charge in [-0.3, -0.25) is 9.59 Å². The van der Waals surface area contributed by atoms with E-state index in [1.54, 1.807) is 0 Å². The van der Waals surface area contributed by atoms with Crippen LogP contribution in [0.25, 0.3) is 0 Å². The molecule has 0 saturated carbocycles. The summed E-state index contributed by atoms with van der Waals surface area (Å²) in [5.41, 5.74) is 0.940. The molecule has 1 rings (SSSR count). The molecule has 1 aromatic rings. The van der Waals surface area contributed by atoms with E-state index in [1.807, 2.05) is 44.2 Å². The predicted octanol–water partition coefficient (Wildman–Crippen LogP) is 1.86. The summed E-state index contributed by atoms with van der Waals surface area (Å²) in [6.07, 6.45) is 1.25. The highest BCUT2D eigenvalue weighted by Crippen LogP contribution is 2.08. The smallest absolute Gasteiger partial charge is 0.308 e. The fourth-order valence-corrected chi connectivity index (χ4v) is 1.77. The molecule has 0 radical (unpaired) electrons. The third-order valence-corrected chi connectivity index (χ3v) is 3.29. The average Bonchev–Trinajstić information content (AvgIpc) is 2.49. The standard InChI is InChI=1S/C16H23NO4/c1-3-12(2)21-11-15(18)17-10-14(16(19)20)9-13-7-5-4-6-8-13/h4-8,12,14H,3,9-11H2,1-2H3,(H,17,18)(H,19,20). The summed E-state index contributed by atoms with van der Waals surface area (Å²) in [7, 11) is 0. The molecule has 0 saturated heterocycles. The first-order valence-electron chi connectivity index (χ1n) is 7.18. The first-order chi connectivity index (χ1) is 10.0. The number of amides is 1. The fraction of sp³-hybridized carbons (Fsp3) is 0.500. The third kappa shape index (κ3) is 6.90. The second kappa shape index (κ2) is 9.13. The minimum atomic E-state index is -0.915. The summed E-state index contributed by atoms with van der Waals surface area (Å²) in [5, 5.41) is 11.8. The van der Waals surface area contributed by atoms with Crippen LogP contribution in [0.15, 0.2) is 30.3 Å². The van der Waals surface area contributed by atoms with E-state index in [0.717, 1.165) is 12.0 Å². The van der Waals surface area contributed by atoms with Crippen LogP contribution < -0.4 is 5.32 Å². The molecule has 116 valence electrons. The van der Waals surface area contributed by atoms with Crippen molar-refractivity contribution >= 4 is 11.9 Å². The molecule has 0 spiro atoms. The highest BCUT2D eigenvalue weighted by molar-refractivity contribution is 5.78. The van der Waals surface area contributed by atoms with E-state index in [9.17, 15) is 14.7 Å². The quantitative estimate of drug-likeness (QED) is 0.728. The van der Waals surface area contributed by atoms with Gasteiger partial charge in [0.15, 0.2) is 0 Å². The monoisotopic (exact) mass is 293 g/mol. The van der Waals surface area contributed by atoms with Crippen molar-refractivity contribution in [3.63, 3.8) is 0 Å². The number of carboxylic acids is 1. The van der Waals surface area contributed by atoms with Crippen LogP contribution in [0.2, 0.25) is 0 Å². The van der Waals surface area contributed by atoms with Gasteiger partial charge in [-0.15, -0.1) is 0 Å². The summed E-state index contributed by atoms with van der Waals surface area (Å²) < 4.78 is 5.30. The topological polar surface area (TPSA) is 75.6 Å². The molecule has 0 bridgehead atoms. The molecule has 5 nitrogen and oxygen atoms in total. The minimum Gasteiger partial charge on any atom is -0.481 e. The van der Waals surface area contributed by atoms with Crippen molar-refractivity contribution in [3.8, 4) is 0 Å². The number of hydrogen-bond acceptors (Lipinski definition) is 3. The van der Waals surface area contributed by atoms with Crippen molar-refractivity contribution in [3.05, 3.63) is 35.9 Å². The number of ether oxygens (including phenoxy) is 1. The molecule has 0 aliphatic rings. The lowest BCUT2D eigenvalue weighted by Gasteiger charge is -2.15. The molecule has 0 aliphatic heterocycles. The number of aliphatic carboxylic acids is 1. The molecular weight excluding hydrogens is 270 g/mol. The van der Waals surface area contributed by atoms with Gasteiger partial charge in [0.1, 0.15) is 6.61 Å². The van der Waals surface area contributed by atoms with Gasteiger partial charge in [-0.1, -0.05) is 37.3 Å². The molecule has 0 fully saturated rings. The molecule has 0 aromatic heterocycles. The van der Waals surface area contributed by atoms with E-state index >= 15 is 0 Å². The highest BCUT2D eigenvalue weighted by Gasteiger charge is 2.19. The van der Waals surface area contributed by atoms with Gasteiger partial charge in [0.25, 0.3) is 0 Å². The lowest BCUT2D eigenvalue weighted by atomic mass is 9.99. The van der Waals surface area contributed by atoms with Gasteiger partial charge >= 0.3 is 5.97 Å². The lowest BCUT2D eigenvalue weighted by molar-refractivity contribution is -0.141. The van der Waals surface area contributed by atoms with E-state index in [0.29, 0.717) is 6.42 Å². The Bertz CT molecular complexity index is 447. The molecule has 2 N–H and O–H groups in total. The maximum atomic E-state index is 11.6. The second-order valence-electron chi connectivity index (χ2n) is 5.06. The summed E-state index contributed by atoms with van der Waals surface area (Å²) in [4.78, 5) is 22.9. The van der Waals surface area contributed by atoms with Gasteiger partial charge in [0.05, 0.1) is 12.0 Å². The van der Waals surface area contributed by atoms with Crippen LogP contribution in [0.3, 0.4) is 0 Å². The Hall–Kier alpha value is -1.88. The molecule has 2 unspecified atom stereocenters. The number of carbonyl (C=O) groups excluding carboxylic acids is 1. The van der Waals surface area contributed by atoms with E-state index in [-0.39, 0.29) is 25.2 Å². The summed E-state index contributed by atoms with van der Waals surface area (Å²) >= 11 is 0. The van der Waals surface area contributed by atoms with E-state index < -0.39 is 11.9 Å². The van der Waals surface area contributed by atoms with E-state index in [2.05, 4.69) is 5.32 Å². The Morgan fingerprint density at radius 3 is 2.52 bits per heavy atom. The lowest BCUT2D eigenvalue weighted by Crippen LogP contribution is -2.36. The number of nitrogens with one attached hydrogen (secondary N) is 1. The Kier molecular flexibility index (Phi) is 7.46. The first-order valence-corrected chi connectivity index (χ1v) is 7.18. The molecule has 21 heavy (non-hydrogen) atoms. The van der Waals surface area contributed by atoms with Crippen molar-refractivity contribution < 1.29 is 19.4 Å². The summed E-state index contributed by atoms with van der Waals surface area (Å²) in [6, 6.07) is 9.38. The molecule has 2 atom stereocenters. The van der Waals surface area contributed by atoms with Crippen LogP contribution in [0.4, 0.5) is 0 Å². The number of carboxylic acid groups (broad SMARTS) is 1. The molecule has 1 aromatic carbocycles. The third-order valence-electron chi connectivity index (χ3n) is 3.29. The van der Waals surface area contributed by atoms with Gasteiger partial charge in [-0.2, -0.15) is 0 Å². The van der Waals surface area contributed by atoms with Crippen molar-refractivity contribution in [2.45, 2.75) is 32.8 Å². The summed E-state index contributed by atoms with van der Waals surface area (Å²) in [6.45, 7) is 3.94. The Morgan fingerprint density at radius 1 is 1.29 bits per heavy atom. The van der Waals surface area contributed by atoms with Crippen LogP contribution in [-0.4, -0.2) is 36.2 Å². The first kappa shape index (κ1) is 17.2. The van der Waals surface area contributed by atoms with Crippen LogP contribution >= 0.6 is 0 Å². The number of hydrogen-bond donors (Lipinski definition) is 2. The Balaban J connectivity index is 2.41. The van der Waals surface area contributed by atoms with Crippen LogP contribution in [0.5, 0.6) is 0 Å². The maximum absolute atomic E-state index is 11.6. The van der Waals surface area contributed by atoms with Crippen molar-refractivity contribution in [1.29, 1.82) is 0 Å². The van der Waals surface area contributed by atoms with Gasteiger partial charge in [0.2, 0.25) is 5.91 Å². The van der Waals surface area contributed by atoms with Gasteiger partial charge in [-0.05, 0) is 25.3 Å². The fourth-order valence-electron chi connectivity index (χ4n) is 1.77. The minimum absolute atomic E-state index is 0.0235. The Labute approximate surface area is 125 Å². The maximum Gasteiger partial charge on any atom is 0.308 e. The largest absolute Gasteiger partial charge is 0.481 e. The van der Waals surface area contributed by atoms with Crippen molar-refractivity contribution in [2.24, 2.45) is 5.92 Å². The predicted molar refractivity (Wildman–Crippen MR) is 80.0 cm³/mol. The summed E-state index contributed by atoms with van der Waals surface area (Å²) in [5.74, 6) is -1.84. The van der Waals surface area contributed by atoms with E-state index in [4.69, 9.17) is 4.74 Å². The molecule has 1 amide bonds. The molecule has 0 heterocycles. The van der Waals surface area contributed by atoms with E-state index in [1.165, 1.54) is 0 Å². The average molecular weight is 293 g/mol. The molecule has 5 heteroatoms. The highest BCUT2D eigenvalue weighted by atomic mass is 16.5. The zero-order valence-corrected chi connectivity index (χ0v) is 12.5. The number of benzene rings is 1. The van der Waals surface area contributed by atoms with Crippen molar-refractivity contribution in [2.75, 3.05) is 13.2 Å². The Morgan fingerprint density at radius 2 is 1.95 bits per heavy atom. The van der Waals surface area contributed by atoms with Crippen LogP contribution in [-0.2, 0) is 20.7 Å². The normalized spacial score (nSPS) is 13.4. The van der Waals surface area contributed by atoms with Crippen molar-refractivity contribution in [1.82, 2.24) is 5.32 Å². The zero-order valence-electron chi connectivity index (χ0n) is 12.5.